The predicted molar refractivity (Wildman–Crippen MR) is 72.2 cm³/mol. The maximum atomic E-state index is 11.8. The molecular weight excluding hydrogens is 238 g/mol. The lowest BCUT2D eigenvalue weighted by Gasteiger charge is -2.21. The first-order valence-corrected chi connectivity index (χ1v) is 7.48. The number of hydrogen-bond donors (Lipinski definition) is 2. The SMILES string of the molecule is CNCCCN(C)S(=O)(=O)NCCC(C)(C)C. The molecule has 0 aromatic heterocycles. The van der Waals surface area contributed by atoms with Crippen molar-refractivity contribution >= 4 is 10.2 Å². The summed E-state index contributed by atoms with van der Waals surface area (Å²) in [7, 11) is 0.156. The summed E-state index contributed by atoms with van der Waals surface area (Å²) in [6.07, 6.45) is 1.64. The van der Waals surface area contributed by atoms with E-state index in [0.29, 0.717) is 13.1 Å². The maximum absolute atomic E-state index is 11.8. The third-order valence-corrected chi connectivity index (χ3v) is 4.04. The van der Waals surface area contributed by atoms with E-state index >= 15 is 0 Å². The molecule has 0 rings (SSSR count). The Morgan fingerprint density at radius 1 is 1.18 bits per heavy atom. The minimum absolute atomic E-state index is 0.146. The molecule has 5 nitrogen and oxygen atoms in total. The topological polar surface area (TPSA) is 61.4 Å². The Kier molecular flexibility index (Phi) is 7.23. The van der Waals surface area contributed by atoms with E-state index in [2.05, 4.69) is 30.8 Å². The van der Waals surface area contributed by atoms with Gasteiger partial charge in [0.05, 0.1) is 0 Å². The van der Waals surface area contributed by atoms with Crippen molar-refractivity contribution in [3.8, 4) is 0 Å². The molecule has 0 aromatic carbocycles. The van der Waals surface area contributed by atoms with Crippen LogP contribution < -0.4 is 10.0 Å². The highest BCUT2D eigenvalue weighted by molar-refractivity contribution is 7.87. The maximum Gasteiger partial charge on any atom is 0.279 e. The minimum atomic E-state index is -3.31. The fraction of sp³-hybridized carbons (Fsp3) is 1.00. The average molecular weight is 265 g/mol. The van der Waals surface area contributed by atoms with Crippen molar-refractivity contribution in [2.24, 2.45) is 5.41 Å². The van der Waals surface area contributed by atoms with Gasteiger partial charge in [0, 0.05) is 20.1 Å². The molecule has 2 N–H and O–H groups in total. The second-order valence-corrected chi connectivity index (χ2v) is 7.35. The standard InChI is InChI=1S/C11H27N3O2S/c1-11(2,3)7-9-13-17(15,16)14(5)10-6-8-12-4/h12-13H,6-10H2,1-5H3. The van der Waals surface area contributed by atoms with Crippen molar-refractivity contribution in [1.82, 2.24) is 14.3 Å². The van der Waals surface area contributed by atoms with E-state index < -0.39 is 10.2 Å². The molecule has 104 valence electrons. The Morgan fingerprint density at radius 3 is 2.24 bits per heavy atom. The van der Waals surface area contributed by atoms with Crippen LogP contribution in [0, 0.1) is 5.41 Å². The molecule has 0 saturated heterocycles. The molecule has 0 saturated carbocycles. The summed E-state index contributed by atoms with van der Waals surface area (Å²) in [5.41, 5.74) is 0.146. The number of nitrogens with zero attached hydrogens (tertiary/aromatic N) is 1. The summed E-state index contributed by atoms with van der Waals surface area (Å²) in [4.78, 5) is 0. The van der Waals surface area contributed by atoms with Gasteiger partial charge in [-0.25, -0.2) is 4.72 Å². The molecule has 6 heteroatoms. The summed E-state index contributed by atoms with van der Waals surface area (Å²) in [5, 5.41) is 3.00. The van der Waals surface area contributed by atoms with Gasteiger partial charge in [-0.1, -0.05) is 20.8 Å². The zero-order valence-corrected chi connectivity index (χ0v) is 12.5. The Labute approximate surface area is 106 Å². The Morgan fingerprint density at radius 2 is 1.76 bits per heavy atom. The number of nitrogens with one attached hydrogen (secondary N) is 2. The van der Waals surface area contributed by atoms with Crippen LogP contribution in [0.4, 0.5) is 0 Å². The summed E-state index contributed by atoms with van der Waals surface area (Å²) in [6.45, 7) is 8.13. The van der Waals surface area contributed by atoms with Gasteiger partial charge >= 0.3 is 0 Å². The lowest BCUT2D eigenvalue weighted by atomic mass is 9.93. The second kappa shape index (κ2) is 7.31. The molecule has 0 atom stereocenters. The highest BCUT2D eigenvalue weighted by Crippen LogP contribution is 2.17. The van der Waals surface area contributed by atoms with Crippen molar-refractivity contribution in [1.29, 1.82) is 0 Å². The van der Waals surface area contributed by atoms with Crippen LogP contribution in [0.3, 0.4) is 0 Å². The molecule has 0 heterocycles. The van der Waals surface area contributed by atoms with Crippen LogP contribution in [-0.4, -0.2) is 46.5 Å². The van der Waals surface area contributed by atoms with Gasteiger partial charge in [-0.15, -0.1) is 0 Å². The lowest BCUT2D eigenvalue weighted by Crippen LogP contribution is -2.40. The van der Waals surface area contributed by atoms with E-state index in [4.69, 9.17) is 0 Å². The van der Waals surface area contributed by atoms with Crippen LogP contribution in [0.1, 0.15) is 33.6 Å². The zero-order chi connectivity index (χ0) is 13.5. The van der Waals surface area contributed by atoms with Crippen LogP contribution in [0.2, 0.25) is 0 Å². The molecular formula is C11H27N3O2S. The molecule has 0 spiro atoms. The average Bonchev–Trinajstić information content (AvgIpc) is 2.15. The van der Waals surface area contributed by atoms with Crippen LogP contribution in [0.5, 0.6) is 0 Å². The highest BCUT2D eigenvalue weighted by atomic mass is 32.2. The van der Waals surface area contributed by atoms with Gasteiger partial charge in [0.1, 0.15) is 0 Å². The normalized spacial score (nSPS) is 13.3. The fourth-order valence-electron chi connectivity index (χ4n) is 1.26. The molecule has 0 aliphatic rings. The van der Waals surface area contributed by atoms with Gasteiger partial charge in [0.15, 0.2) is 0 Å². The first-order valence-electron chi connectivity index (χ1n) is 6.04. The third-order valence-electron chi connectivity index (χ3n) is 2.47. The lowest BCUT2D eigenvalue weighted by molar-refractivity contribution is 0.373. The van der Waals surface area contributed by atoms with E-state index in [1.165, 1.54) is 4.31 Å². The number of rotatable bonds is 8. The molecule has 0 radical (unpaired) electrons. The summed E-state index contributed by atoms with van der Waals surface area (Å²) >= 11 is 0. The van der Waals surface area contributed by atoms with Crippen molar-refractivity contribution < 1.29 is 8.42 Å². The van der Waals surface area contributed by atoms with Gasteiger partial charge < -0.3 is 5.32 Å². The molecule has 0 aromatic rings. The fourth-order valence-corrected chi connectivity index (χ4v) is 2.21. The van der Waals surface area contributed by atoms with Gasteiger partial charge in [0.2, 0.25) is 0 Å². The largest absolute Gasteiger partial charge is 0.320 e. The van der Waals surface area contributed by atoms with Gasteiger partial charge in [-0.2, -0.15) is 12.7 Å². The summed E-state index contributed by atoms with van der Waals surface area (Å²) in [5.74, 6) is 0. The quantitative estimate of drug-likeness (QED) is 0.638. The van der Waals surface area contributed by atoms with Crippen LogP contribution >= 0.6 is 0 Å². The molecule has 0 amide bonds. The third kappa shape index (κ3) is 8.54. The summed E-state index contributed by atoms with van der Waals surface area (Å²) in [6, 6.07) is 0. The van der Waals surface area contributed by atoms with Gasteiger partial charge in [-0.3, -0.25) is 0 Å². The molecule has 0 unspecified atom stereocenters. The van der Waals surface area contributed by atoms with E-state index in [0.717, 1.165) is 19.4 Å². The second-order valence-electron chi connectivity index (χ2n) is 5.49. The summed E-state index contributed by atoms with van der Waals surface area (Å²) < 4.78 is 27.6. The smallest absolute Gasteiger partial charge is 0.279 e. The molecule has 17 heavy (non-hydrogen) atoms. The van der Waals surface area contributed by atoms with E-state index in [1.807, 2.05) is 7.05 Å². The van der Waals surface area contributed by atoms with Crippen molar-refractivity contribution in [3.05, 3.63) is 0 Å². The monoisotopic (exact) mass is 265 g/mol. The van der Waals surface area contributed by atoms with E-state index in [-0.39, 0.29) is 5.41 Å². The number of hydrogen-bond acceptors (Lipinski definition) is 3. The van der Waals surface area contributed by atoms with Crippen molar-refractivity contribution in [3.63, 3.8) is 0 Å². The first kappa shape index (κ1) is 16.8. The predicted octanol–water partition coefficient (Wildman–Crippen LogP) is 0.798. The molecule has 0 aliphatic carbocycles. The molecule has 0 bridgehead atoms. The first-order chi connectivity index (χ1) is 7.69. The van der Waals surface area contributed by atoms with Gasteiger partial charge in [-0.05, 0) is 31.8 Å². The van der Waals surface area contributed by atoms with Crippen LogP contribution in [0.25, 0.3) is 0 Å². The molecule has 0 aliphatic heterocycles. The Hall–Kier alpha value is -0.170. The Bertz CT molecular complexity index is 296. The Balaban J connectivity index is 4.01. The van der Waals surface area contributed by atoms with Crippen LogP contribution in [0.15, 0.2) is 0 Å². The minimum Gasteiger partial charge on any atom is -0.320 e. The zero-order valence-electron chi connectivity index (χ0n) is 11.7. The van der Waals surface area contributed by atoms with Crippen LogP contribution in [-0.2, 0) is 10.2 Å². The van der Waals surface area contributed by atoms with E-state index in [9.17, 15) is 8.42 Å². The van der Waals surface area contributed by atoms with Gasteiger partial charge in [0.25, 0.3) is 10.2 Å². The van der Waals surface area contributed by atoms with Crippen molar-refractivity contribution in [2.75, 3.05) is 33.7 Å². The van der Waals surface area contributed by atoms with E-state index in [1.54, 1.807) is 7.05 Å². The van der Waals surface area contributed by atoms with Crippen molar-refractivity contribution in [2.45, 2.75) is 33.6 Å². The highest BCUT2D eigenvalue weighted by Gasteiger charge is 2.18. The molecule has 0 fully saturated rings.